The highest BCUT2D eigenvalue weighted by molar-refractivity contribution is 9.10. The van der Waals surface area contributed by atoms with E-state index in [1.54, 1.807) is 0 Å². The van der Waals surface area contributed by atoms with Crippen LogP contribution < -0.4 is 5.32 Å². The molecule has 1 aromatic carbocycles. The summed E-state index contributed by atoms with van der Waals surface area (Å²) in [6.45, 7) is 6.05. The van der Waals surface area contributed by atoms with Crippen molar-refractivity contribution in [1.82, 2.24) is 10.2 Å². The fraction of sp³-hybridized carbons (Fsp3) is 0.562. The average molecular weight is 374 g/mol. The van der Waals surface area contributed by atoms with Gasteiger partial charge in [0, 0.05) is 35.6 Å². The minimum Gasteiger partial charge on any atom is -0.337 e. The Balaban J connectivity index is 0.00000161. The Morgan fingerprint density at radius 3 is 2.86 bits per heavy atom. The van der Waals surface area contributed by atoms with E-state index in [1.165, 1.54) is 5.56 Å². The summed E-state index contributed by atoms with van der Waals surface area (Å²) < 4.78 is 1.09. The van der Waals surface area contributed by atoms with Crippen LogP contribution in [0.3, 0.4) is 0 Å². The Kier molecular flexibility index (Phi) is 5.33. The number of amides is 1. The largest absolute Gasteiger partial charge is 0.337 e. The molecule has 2 aliphatic rings. The summed E-state index contributed by atoms with van der Waals surface area (Å²) in [6, 6.07) is 9.03. The average Bonchev–Trinajstić information content (AvgIpc) is 3.21. The van der Waals surface area contributed by atoms with Gasteiger partial charge in [0.2, 0.25) is 5.91 Å². The van der Waals surface area contributed by atoms with Crippen LogP contribution in [0.1, 0.15) is 31.7 Å². The number of carbonyl (C=O) groups excluding carboxylic acids is 1. The van der Waals surface area contributed by atoms with Gasteiger partial charge in [-0.05, 0) is 43.9 Å². The summed E-state index contributed by atoms with van der Waals surface area (Å²) in [5, 5.41) is 3.43. The van der Waals surface area contributed by atoms with E-state index >= 15 is 0 Å². The minimum absolute atomic E-state index is 0. The number of rotatable bonds is 2. The molecule has 1 aliphatic heterocycles. The second kappa shape index (κ2) is 6.67. The first kappa shape index (κ1) is 16.8. The van der Waals surface area contributed by atoms with Gasteiger partial charge >= 0.3 is 0 Å². The van der Waals surface area contributed by atoms with Crippen LogP contribution in [0.2, 0.25) is 0 Å². The van der Waals surface area contributed by atoms with Crippen LogP contribution >= 0.6 is 28.3 Å². The molecule has 5 heteroatoms. The molecular formula is C16H22BrClN2O. The third-order valence-electron chi connectivity index (χ3n) is 4.70. The summed E-state index contributed by atoms with van der Waals surface area (Å²) in [4.78, 5) is 14.7. The molecule has 1 saturated heterocycles. The van der Waals surface area contributed by atoms with Crippen molar-refractivity contribution in [2.24, 2.45) is 5.92 Å². The van der Waals surface area contributed by atoms with Gasteiger partial charge in [0.1, 0.15) is 0 Å². The van der Waals surface area contributed by atoms with Crippen molar-refractivity contribution in [3.05, 3.63) is 34.3 Å². The zero-order valence-electron chi connectivity index (χ0n) is 12.4. The lowest BCUT2D eigenvalue weighted by molar-refractivity contribution is -0.136. The zero-order chi connectivity index (χ0) is 14.3. The molecule has 0 bridgehead atoms. The summed E-state index contributed by atoms with van der Waals surface area (Å²) in [5.74, 6) is 0.949. The monoisotopic (exact) mass is 372 g/mol. The second-order valence-corrected chi connectivity index (χ2v) is 6.93. The highest BCUT2D eigenvalue weighted by Crippen LogP contribution is 2.49. The highest BCUT2D eigenvalue weighted by Gasteiger charge is 2.47. The van der Waals surface area contributed by atoms with Gasteiger partial charge in [-0.25, -0.2) is 0 Å². The Morgan fingerprint density at radius 2 is 2.14 bits per heavy atom. The molecule has 4 atom stereocenters. The molecule has 21 heavy (non-hydrogen) atoms. The smallest absolute Gasteiger partial charge is 0.226 e. The van der Waals surface area contributed by atoms with E-state index in [2.05, 4.69) is 58.2 Å². The van der Waals surface area contributed by atoms with Crippen molar-refractivity contribution in [3.8, 4) is 0 Å². The Bertz CT molecular complexity index is 525. The maximum Gasteiger partial charge on any atom is 0.226 e. The van der Waals surface area contributed by atoms with Gasteiger partial charge in [0.15, 0.2) is 0 Å². The Hall–Kier alpha value is -0.580. The third-order valence-corrected chi connectivity index (χ3v) is 5.20. The van der Waals surface area contributed by atoms with Gasteiger partial charge in [-0.1, -0.05) is 28.1 Å². The summed E-state index contributed by atoms with van der Waals surface area (Å²) in [5.41, 5.74) is 1.29. The molecule has 1 N–H and O–H groups in total. The van der Waals surface area contributed by atoms with E-state index in [0.717, 1.165) is 24.0 Å². The molecule has 2 fully saturated rings. The molecule has 0 radical (unpaired) electrons. The van der Waals surface area contributed by atoms with Gasteiger partial charge in [0.25, 0.3) is 0 Å². The quantitative estimate of drug-likeness (QED) is 0.863. The summed E-state index contributed by atoms with van der Waals surface area (Å²) in [7, 11) is 0. The number of halogens is 2. The predicted molar refractivity (Wildman–Crippen MR) is 90.9 cm³/mol. The van der Waals surface area contributed by atoms with Crippen LogP contribution in [-0.2, 0) is 4.79 Å². The molecule has 4 unspecified atom stereocenters. The predicted octanol–water partition coefficient (Wildman–Crippen LogP) is 3.18. The van der Waals surface area contributed by atoms with Crippen LogP contribution in [0.15, 0.2) is 28.7 Å². The van der Waals surface area contributed by atoms with E-state index in [4.69, 9.17) is 0 Å². The number of benzene rings is 1. The van der Waals surface area contributed by atoms with E-state index in [-0.39, 0.29) is 18.3 Å². The molecule has 116 valence electrons. The lowest BCUT2D eigenvalue weighted by Crippen LogP contribution is -2.57. The molecule has 3 nitrogen and oxygen atoms in total. The number of nitrogens with one attached hydrogen (secondary N) is 1. The summed E-state index contributed by atoms with van der Waals surface area (Å²) in [6.07, 6.45) is 1.00. The minimum atomic E-state index is 0. The first-order valence-electron chi connectivity index (χ1n) is 7.37. The summed E-state index contributed by atoms with van der Waals surface area (Å²) >= 11 is 3.51. The normalized spacial score (nSPS) is 31.5. The molecule has 1 saturated carbocycles. The van der Waals surface area contributed by atoms with Gasteiger partial charge < -0.3 is 10.2 Å². The van der Waals surface area contributed by atoms with Crippen LogP contribution in [0.5, 0.6) is 0 Å². The fourth-order valence-corrected chi connectivity index (χ4v) is 3.57. The number of nitrogens with zero attached hydrogens (tertiary/aromatic N) is 1. The Labute approximate surface area is 141 Å². The molecule has 3 rings (SSSR count). The maximum absolute atomic E-state index is 12.7. The number of carbonyl (C=O) groups is 1. The maximum atomic E-state index is 12.7. The van der Waals surface area contributed by atoms with Gasteiger partial charge in [-0.2, -0.15) is 0 Å². The van der Waals surface area contributed by atoms with E-state index < -0.39 is 0 Å². The van der Waals surface area contributed by atoms with Crippen molar-refractivity contribution in [3.63, 3.8) is 0 Å². The van der Waals surface area contributed by atoms with Crippen LogP contribution in [0, 0.1) is 5.92 Å². The lowest BCUT2D eigenvalue weighted by Gasteiger charge is -2.38. The lowest BCUT2D eigenvalue weighted by atomic mass is 10.0. The van der Waals surface area contributed by atoms with Crippen molar-refractivity contribution in [2.45, 2.75) is 38.3 Å². The van der Waals surface area contributed by atoms with Gasteiger partial charge in [0.05, 0.1) is 0 Å². The Morgan fingerprint density at radius 1 is 1.38 bits per heavy atom. The molecule has 1 amide bonds. The van der Waals surface area contributed by atoms with E-state index in [1.807, 2.05) is 6.07 Å². The fourth-order valence-electron chi connectivity index (χ4n) is 3.15. The standard InChI is InChI=1S/C16H21BrN2O.ClH/c1-10-11(2)19(7-6-18-10)16(20)15-9-14(15)12-4-3-5-13(17)8-12;/h3-5,8,10-11,14-15,18H,6-7,9H2,1-2H3;1H. The number of hydrogen-bond acceptors (Lipinski definition) is 2. The van der Waals surface area contributed by atoms with Crippen molar-refractivity contribution in [2.75, 3.05) is 13.1 Å². The molecule has 1 heterocycles. The zero-order valence-corrected chi connectivity index (χ0v) is 14.8. The number of hydrogen-bond donors (Lipinski definition) is 1. The van der Waals surface area contributed by atoms with Crippen molar-refractivity contribution < 1.29 is 4.79 Å². The van der Waals surface area contributed by atoms with E-state index in [9.17, 15) is 4.79 Å². The van der Waals surface area contributed by atoms with Crippen molar-refractivity contribution >= 4 is 34.2 Å². The first-order valence-corrected chi connectivity index (χ1v) is 8.16. The molecule has 1 aliphatic carbocycles. The topological polar surface area (TPSA) is 32.3 Å². The third kappa shape index (κ3) is 3.43. The van der Waals surface area contributed by atoms with Crippen LogP contribution in [-0.4, -0.2) is 36.0 Å². The number of piperazine rings is 1. The SMILES string of the molecule is CC1NCCN(C(=O)C2CC2c2cccc(Br)c2)C1C.Cl. The highest BCUT2D eigenvalue weighted by atomic mass is 79.9. The van der Waals surface area contributed by atoms with Gasteiger partial charge in [-0.3, -0.25) is 4.79 Å². The van der Waals surface area contributed by atoms with Crippen LogP contribution in [0.25, 0.3) is 0 Å². The van der Waals surface area contributed by atoms with Crippen LogP contribution in [0.4, 0.5) is 0 Å². The van der Waals surface area contributed by atoms with Crippen molar-refractivity contribution in [1.29, 1.82) is 0 Å². The molecule has 0 spiro atoms. The molecule has 0 aromatic heterocycles. The van der Waals surface area contributed by atoms with E-state index in [0.29, 0.717) is 23.9 Å². The molecular weight excluding hydrogens is 352 g/mol. The molecule has 1 aromatic rings. The second-order valence-electron chi connectivity index (χ2n) is 6.02. The first-order chi connectivity index (χ1) is 9.58. The van der Waals surface area contributed by atoms with Gasteiger partial charge in [-0.15, -0.1) is 12.4 Å².